The number of benzene rings is 1. The molecule has 0 amide bonds. The maximum atomic E-state index is 3.78. The zero-order chi connectivity index (χ0) is 13.8. The fraction of sp³-hybridized carbons (Fsp3) is 0.667. The Bertz CT molecular complexity index is 395. The average Bonchev–Trinajstić information content (AvgIpc) is 3.02. The zero-order valence-corrected chi connectivity index (χ0v) is 12.7. The van der Waals surface area contributed by atoms with E-state index in [1.807, 2.05) is 0 Å². The zero-order valence-electron chi connectivity index (χ0n) is 12.7. The number of rotatable bonds is 4. The summed E-state index contributed by atoms with van der Waals surface area (Å²) < 4.78 is 0. The molecule has 0 aromatic heterocycles. The van der Waals surface area contributed by atoms with E-state index in [1.54, 1.807) is 0 Å². The fourth-order valence-corrected chi connectivity index (χ4v) is 3.99. The summed E-state index contributed by atoms with van der Waals surface area (Å²) in [7, 11) is 0. The molecule has 0 radical (unpaired) electrons. The van der Waals surface area contributed by atoms with Crippen LogP contribution in [0.4, 0.5) is 0 Å². The average molecular weight is 272 g/mol. The van der Waals surface area contributed by atoms with Crippen LogP contribution in [-0.4, -0.2) is 36.1 Å². The molecule has 2 atom stereocenters. The highest BCUT2D eigenvalue weighted by Crippen LogP contribution is 2.27. The number of hydrogen-bond acceptors (Lipinski definition) is 2. The molecule has 1 heterocycles. The minimum absolute atomic E-state index is 0.626. The van der Waals surface area contributed by atoms with Gasteiger partial charge in [-0.3, -0.25) is 4.90 Å². The summed E-state index contributed by atoms with van der Waals surface area (Å²) in [5, 5.41) is 3.78. The lowest BCUT2D eigenvalue weighted by Gasteiger charge is -2.43. The van der Waals surface area contributed by atoms with E-state index >= 15 is 0 Å². The molecule has 1 aromatic rings. The van der Waals surface area contributed by atoms with E-state index in [0.717, 1.165) is 12.1 Å². The maximum absolute atomic E-state index is 3.78. The second-order valence-corrected chi connectivity index (χ2v) is 6.49. The number of hydrogen-bond donors (Lipinski definition) is 1. The third-order valence-corrected chi connectivity index (χ3v) is 5.13. The summed E-state index contributed by atoms with van der Waals surface area (Å²) in [5.41, 5.74) is 1.46. The van der Waals surface area contributed by atoms with E-state index < -0.39 is 0 Å². The molecular formula is C18H28N2. The standard InChI is InChI=1S/C18H28N2/c1-2-17-13-19-16(12-15-8-4-3-5-9-15)14-20(17)18-10-6-7-11-18/h3-5,8-9,16-19H,2,6-7,10-14H2,1H3. The first-order valence-electron chi connectivity index (χ1n) is 8.40. The Kier molecular flexibility index (Phi) is 4.74. The van der Waals surface area contributed by atoms with Crippen LogP contribution in [0.3, 0.4) is 0 Å². The van der Waals surface area contributed by atoms with Crippen molar-refractivity contribution in [2.45, 2.75) is 63.6 Å². The molecule has 1 aliphatic heterocycles. The van der Waals surface area contributed by atoms with Crippen molar-refractivity contribution in [3.63, 3.8) is 0 Å². The molecule has 20 heavy (non-hydrogen) atoms. The molecule has 2 nitrogen and oxygen atoms in total. The van der Waals surface area contributed by atoms with Crippen LogP contribution in [0.25, 0.3) is 0 Å². The first-order valence-corrected chi connectivity index (χ1v) is 8.40. The minimum atomic E-state index is 0.626. The summed E-state index contributed by atoms with van der Waals surface area (Å²) >= 11 is 0. The molecule has 0 bridgehead atoms. The van der Waals surface area contributed by atoms with E-state index in [1.165, 1.54) is 57.2 Å². The molecule has 1 aliphatic carbocycles. The monoisotopic (exact) mass is 272 g/mol. The Morgan fingerprint density at radius 1 is 1.15 bits per heavy atom. The molecule has 1 aromatic carbocycles. The van der Waals surface area contributed by atoms with Crippen molar-refractivity contribution in [3.05, 3.63) is 35.9 Å². The van der Waals surface area contributed by atoms with E-state index in [2.05, 4.69) is 47.5 Å². The van der Waals surface area contributed by atoms with Crippen LogP contribution in [0.15, 0.2) is 30.3 Å². The first-order chi connectivity index (χ1) is 9.86. The van der Waals surface area contributed by atoms with Crippen LogP contribution in [0.2, 0.25) is 0 Å². The summed E-state index contributed by atoms with van der Waals surface area (Å²) in [4.78, 5) is 2.83. The third-order valence-electron chi connectivity index (χ3n) is 5.13. The van der Waals surface area contributed by atoms with Gasteiger partial charge in [0.25, 0.3) is 0 Å². The smallest absolute Gasteiger partial charge is 0.0236 e. The van der Waals surface area contributed by atoms with Gasteiger partial charge in [0, 0.05) is 31.2 Å². The van der Waals surface area contributed by atoms with Crippen molar-refractivity contribution < 1.29 is 0 Å². The predicted molar refractivity (Wildman–Crippen MR) is 85.0 cm³/mol. The quantitative estimate of drug-likeness (QED) is 0.905. The Morgan fingerprint density at radius 2 is 1.90 bits per heavy atom. The van der Waals surface area contributed by atoms with Crippen molar-refractivity contribution in [2.75, 3.05) is 13.1 Å². The van der Waals surface area contributed by atoms with Crippen LogP contribution in [0, 0.1) is 0 Å². The van der Waals surface area contributed by atoms with Crippen molar-refractivity contribution in [3.8, 4) is 0 Å². The van der Waals surface area contributed by atoms with Gasteiger partial charge >= 0.3 is 0 Å². The van der Waals surface area contributed by atoms with Gasteiger partial charge in [0.15, 0.2) is 0 Å². The van der Waals surface area contributed by atoms with E-state index in [4.69, 9.17) is 0 Å². The summed E-state index contributed by atoms with van der Waals surface area (Å²) in [6, 6.07) is 13.2. The molecular weight excluding hydrogens is 244 g/mol. The van der Waals surface area contributed by atoms with Crippen LogP contribution in [0.1, 0.15) is 44.6 Å². The number of piperazine rings is 1. The molecule has 3 rings (SSSR count). The SMILES string of the molecule is CCC1CNC(Cc2ccccc2)CN1C1CCCC1. The van der Waals surface area contributed by atoms with Gasteiger partial charge in [0.1, 0.15) is 0 Å². The highest BCUT2D eigenvalue weighted by Gasteiger charge is 2.33. The highest BCUT2D eigenvalue weighted by atomic mass is 15.3. The normalized spacial score (nSPS) is 28.9. The van der Waals surface area contributed by atoms with Gasteiger partial charge in [0.05, 0.1) is 0 Å². The van der Waals surface area contributed by atoms with Crippen LogP contribution < -0.4 is 5.32 Å². The van der Waals surface area contributed by atoms with Crippen molar-refractivity contribution >= 4 is 0 Å². The third kappa shape index (κ3) is 3.24. The van der Waals surface area contributed by atoms with E-state index in [9.17, 15) is 0 Å². The highest BCUT2D eigenvalue weighted by molar-refractivity contribution is 5.16. The lowest BCUT2D eigenvalue weighted by Crippen LogP contribution is -2.59. The largest absolute Gasteiger partial charge is 0.311 e. The molecule has 2 unspecified atom stereocenters. The van der Waals surface area contributed by atoms with Gasteiger partial charge < -0.3 is 5.32 Å². The van der Waals surface area contributed by atoms with Gasteiger partial charge in [-0.1, -0.05) is 50.1 Å². The topological polar surface area (TPSA) is 15.3 Å². The molecule has 110 valence electrons. The van der Waals surface area contributed by atoms with Crippen LogP contribution in [-0.2, 0) is 6.42 Å². The predicted octanol–water partition coefficient (Wildman–Crippen LogP) is 3.22. The molecule has 0 spiro atoms. The van der Waals surface area contributed by atoms with Gasteiger partial charge in [-0.15, -0.1) is 0 Å². The molecule has 2 aliphatic rings. The molecule has 1 saturated carbocycles. The van der Waals surface area contributed by atoms with Crippen molar-refractivity contribution in [2.24, 2.45) is 0 Å². The molecule has 2 heteroatoms. The fourth-order valence-electron chi connectivity index (χ4n) is 3.99. The van der Waals surface area contributed by atoms with Crippen LogP contribution >= 0.6 is 0 Å². The summed E-state index contributed by atoms with van der Waals surface area (Å²) in [5.74, 6) is 0. The Balaban J connectivity index is 1.63. The Labute approximate surface area is 123 Å². The second kappa shape index (κ2) is 6.73. The lowest BCUT2D eigenvalue weighted by atomic mass is 9.98. The van der Waals surface area contributed by atoms with Gasteiger partial charge in [-0.2, -0.15) is 0 Å². The molecule has 1 saturated heterocycles. The molecule has 1 N–H and O–H groups in total. The number of nitrogens with zero attached hydrogens (tertiary/aromatic N) is 1. The van der Waals surface area contributed by atoms with Gasteiger partial charge in [-0.05, 0) is 31.2 Å². The van der Waals surface area contributed by atoms with Gasteiger partial charge in [0.2, 0.25) is 0 Å². The van der Waals surface area contributed by atoms with Crippen LogP contribution in [0.5, 0.6) is 0 Å². The summed E-state index contributed by atoms with van der Waals surface area (Å²) in [6.45, 7) is 4.74. The molecule has 2 fully saturated rings. The lowest BCUT2D eigenvalue weighted by molar-refractivity contribution is 0.0810. The van der Waals surface area contributed by atoms with Crippen molar-refractivity contribution in [1.29, 1.82) is 0 Å². The van der Waals surface area contributed by atoms with E-state index in [-0.39, 0.29) is 0 Å². The first kappa shape index (κ1) is 14.1. The second-order valence-electron chi connectivity index (χ2n) is 6.49. The summed E-state index contributed by atoms with van der Waals surface area (Å²) in [6.07, 6.45) is 8.17. The Morgan fingerprint density at radius 3 is 2.60 bits per heavy atom. The maximum Gasteiger partial charge on any atom is 0.0236 e. The van der Waals surface area contributed by atoms with E-state index in [0.29, 0.717) is 6.04 Å². The number of nitrogens with one attached hydrogen (secondary N) is 1. The Hall–Kier alpha value is -0.860. The minimum Gasteiger partial charge on any atom is -0.311 e. The van der Waals surface area contributed by atoms with Gasteiger partial charge in [-0.25, -0.2) is 0 Å². The van der Waals surface area contributed by atoms with Crippen molar-refractivity contribution in [1.82, 2.24) is 10.2 Å².